The van der Waals surface area contributed by atoms with E-state index in [1.807, 2.05) is 0 Å². The van der Waals surface area contributed by atoms with Crippen LogP contribution in [-0.4, -0.2) is 0 Å². The lowest BCUT2D eigenvalue weighted by Crippen LogP contribution is -2.16. The molecule has 34 heavy (non-hydrogen) atoms. The summed E-state index contributed by atoms with van der Waals surface area (Å²) in [4.78, 5) is 2.30. The van der Waals surface area contributed by atoms with Gasteiger partial charge in [-0.3, -0.25) is 0 Å². The molecular weight excluding hydrogens is 410 g/mol. The van der Waals surface area contributed by atoms with E-state index in [1.165, 1.54) is 33.4 Å². The van der Waals surface area contributed by atoms with Gasteiger partial charge in [-0.2, -0.15) is 0 Å². The van der Waals surface area contributed by atoms with Crippen LogP contribution in [0.1, 0.15) is 25.0 Å². The first-order chi connectivity index (χ1) is 16.6. The van der Waals surface area contributed by atoms with E-state index in [1.54, 1.807) is 0 Å². The third kappa shape index (κ3) is 3.24. The van der Waals surface area contributed by atoms with Gasteiger partial charge in [0.2, 0.25) is 0 Å². The quantitative estimate of drug-likeness (QED) is 0.271. The second-order valence-corrected chi connectivity index (χ2v) is 9.45. The molecular formula is C33H27N. The van der Waals surface area contributed by atoms with Gasteiger partial charge in [0, 0.05) is 22.5 Å². The molecule has 5 aromatic carbocycles. The van der Waals surface area contributed by atoms with Crippen LogP contribution in [0.3, 0.4) is 0 Å². The molecule has 0 heterocycles. The van der Waals surface area contributed by atoms with Crippen LogP contribution in [0.25, 0.3) is 22.3 Å². The zero-order chi connectivity index (χ0) is 23.1. The molecule has 0 spiro atoms. The van der Waals surface area contributed by atoms with E-state index in [9.17, 15) is 0 Å². The summed E-state index contributed by atoms with van der Waals surface area (Å²) >= 11 is 0. The number of anilines is 3. The lowest BCUT2D eigenvalue weighted by molar-refractivity contribution is 0.662. The first-order valence-electron chi connectivity index (χ1n) is 11.9. The van der Waals surface area contributed by atoms with Crippen molar-refractivity contribution in [2.75, 3.05) is 4.90 Å². The molecule has 0 N–H and O–H groups in total. The molecule has 0 bridgehead atoms. The molecule has 6 rings (SSSR count). The van der Waals surface area contributed by atoms with Crippen molar-refractivity contribution in [1.82, 2.24) is 0 Å². The van der Waals surface area contributed by atoms with E-state index >= 15 is 0 Å². The summed E-state index contributed by atoms with van der Waals surface area (Å²) in [5, 5.41) is 0. The number of benzene rings is 5. The number of nitrogens with zero attached hydrogens (tertiary/aromatic N) is 1. The lowest BCUT2D eigenvalue weighted by atomic mass is 9.79. The van der Waals surface area contributed by atoms with E-state index < -0.39 is 0 Å². The van der Waals surface area contributed by atoms with Crippen LogP contribution in [0.4, 0.5) is 17.1 Å². The first-order valence-corrected chi connectivity index (χ1v) is 11.9. The van der Waals surface area contributed by atoms with E-state index in [0.717, 1.165) is 17.1 Å². The zero-order valence-corrected chi connectivity index (χ0v) is 19.6. The number of hydrogen-bond acceptors (Lipinski definition) is 1. The molecule has 1 aliphatic rings. The van der Waals surface area contributed by atoms with Crippen molar-refractivity contribution in [2.24, 2.45) is 0 Å². The highest BCUT2D eigenvalue weighted by Crippen LogP contribution is 2.52. The molecule has 1 aliphatic carbocycles. The maximum absolute atomic E-state index is 2.35. The van der Waals surface area contributed by atoms with Gasteiger partial charge in [-0.25, -0.2) is 0 Å². The summed E-state index contributed by atoms with van der Waals surface area (Å²) in [5.41, 5.74) is 11.5. The Hall–Kier alpha value is -4.10. The topological polar surface area (TPSA) is 3.24 Å². The van der Waals surface area contributed by atoms with Crippen LogP contribution < -0.4 is 4.90 Å². The minimum Gasteiger partial charge on any atom is -0.311 e. The molecule has 164 valence electrons. The molecule has 0 unspecified atom stereocenters. The third-order valence-electron chi connectivity index (χ3n) is 7.05. The Balaban J connectivity index is 1.45. The Morgan fingerprint density at radius 3 is 1.59 bits per heavy atom. The second kappa shape index (κ2) is 8.04. The molecule has 0 atom stereocenters. The van der Waals surface area contributed by atoms with E-state index in [-0.39, 0.29) is 5.41 Å². The van der Waals surface area contributed by atoms with Crippen molar-refractivity contribution in [3.63, 3.8) is 0 Å². The molecule has 1 nitrogen and oxygen atoms in total. The summed E-state index contributed by atoms with van der Waals surface area (Å²) in [6.45, 7) is 4.70. The van der Waals surface area contributed by atoms with Crippen molar-refractivity contribution >= 4 is 17.1 Å². The van der Waals surface area contributed by atoms with Gasteiger partial charge >= 0.3 is 0 Å². The van der Waals surface area contributed by atoms with Crippen LogP contribution in [0.5, 0.6) is 0 Å². The molecule has 5 aromatic rings. The Morgan fingerprint density at radius 2 is 0.941 bits per heavy atom. The van der Waals surface area contributed by atoms with Crippen molar-refractivity contribution in [3.8, 4) is 22.3 Å². The Labute approximate surface area is 202 Å². The molecule has 0 aliphatic heterocycles. The normalized spacial score (nSPS) is 13.2. The van der Waals surface area contributed by atoms with Gasteiger partial charge in [0.05, 0.1) is 0 Å². The number of para-hydroxylation sites is 2. The number of fused-ring (bicyclic) bond motifs is 3. The van der Waals surface area contributed by atoms with Gasteiger partial charge in [0.15, 0.2) is 0 Å². The van der Waals surface area contributed by atoms with Crippen LogP contribution in [-0.2, 0) is 5.41 Å². The van der Waals surface area contributed by atoms with Crippen molar-refractivity contribution in [1.29, 1.82) is 0 Å². The van der Waals surface area contributed by atoms with E-state index in [2.05, 4.69) is 146 Å². The fraction of sp³-hybridized carbons (Fsp3) is 0.0909. The highest BCUT2D eigenvalue weighted by molar-refractivity contribution is 5.88. The molecule has 1 heteroatoms. The maximum atomic E-state index is 2.35. The Bertz CT molecular complexity index is 1410. The molecule has 0 saturated carbocycles. The highest BCUT2D eigenvalue weighted by atomic mass is 15.1. The fourth-order valence-corrected chi connectivity index (χ4v) is 5.48. The van der Waals surface area contributed by atoms with E-state index in [0.29, 0.717) is 0 Å². The lowest BCUT2D eigenvalue weighted by Gasteiger charge is -2.26. The minimum atomic E-state index is -0.0265. The summed E-state index contributed by atoms with van der Waals surface area (Å²) in [6.07, 6.45) is 0. The molecule has 0 fully saturated rings. The van der Waals surface area contributed by atoms with E-state index in [4.69, 9.17) is 0 Å². The predicted octanol–water partition coefficient (Wildman–Crippen LogP) is 9.13. The molecule has 0 aromatic heterocycles. The highest BCUT2D eigenvalue weighted by Gasteiger charge is 2.37. The van der Waals surface area contributed by atoms with Gasteiger partial charge in [0.25, 0.3) is 0 Å². The van der Waals surface area contributed by atoms with Crippen LogP contribution in [0.2, 0.25) is 0 Å². The smallest absolute Gasteiger partial charge is 0.0462 e. The van der Waals surface area contributed by atoms with Gasteiger partial charge in [0.1, 0.15) is 0 Å². The maximum Gasteiger partial charge on any atom is 0.0462 e. The summed E-state index contributed by atoms with van der Waals surface area (Å²) in [7, 11) is 0. The summed E-state index contributed by atoms with van der Waals surface area (Å²) in [6, 6.07) is 45.7. The number of hydrogen-bond donors (Lipinski definition) is 0. The van der Waals surface area contributed by atoms with Gasteiger partial charge in [-0.05, 0) is 69.8 Å². The average Bonchev–Trinajstić information content (AvgIpc) is 3.13. The summed E-state index contributed by atoms with van der Waals surface area (Å²) < 4.78 is 0. The SMILES string of the molecule is CC1(C)c2ccccc2-c2cccc(-c3ccc(N(c4ccccc4)c4ccccc4)cc3)c21. The van der Waals surface area contributed by atoms with Crippen LogP contribution >= 0.6 is 0 Å². The Kier molecular flexibility index (Phi) is 4.85. The first kappa shape index (κ1) is 20.5. The Morgan fingerprint density at radius 1 is 0.441 bits per heavy atom. The van der Waals surface area contributed by atoms with Gasteiger partial charge < -0.3 is 4.90 Å². The second-order valence-electron chi connectivity index (χ2n) is 9.45. The fourth-order valence-electron chi connectivity index (χ4n) is 5.48. The van der Waals surface area contributed by atoms with Crippen molar-refractivity contribution < 1.29 is 0 Å². The van der Waals surface area contributed by atoms with Crippen molar-refractivity contribution in [3.05, 3.63) is 139 Å². The minimum absolute atomic E-state index is 0.0265. The monoisotopic (exact) mass is 437 g/mol. The van der Waals surface area contributed by atoms with Crippen LogP contribution in [0, 0.1) is 0 Å². The average molecular weight is 438 g/mol. The largest absolute Gasteiger partial charge is 0.311 e. The molecule has 0 saturated heterocycles. The standard InChI is InChI=1S/C33H27N/c1-33(2)31-19-10-9-16-29(31)30-18-11-17-28(32(30)33)24-20-22-27(23-21-24)34(25-12-5-3-6-13-25)26-14-7-4-8-15-26/h3-23H,1-2H3. The summed E-state index contributed by atoms with van der Waals surface area (Å²) in [5.74, 6) is 0. The zero-order valence-electron chi connectivity index (χ0n) is 19.6. The van der Waals surface area contributed by atoms with Gasteiger partial charge in [-0.15, -0.1) is 0 Å². The molecule has 0 amide bonds. The predicted molar refractivity (Wildman–Crippen MR) is 144 cm³/mol. The third-order valence-corrected chi connectivity index (χ3v) is 7.05. The molecule has 0 radical (unpaired) electrons. The van der Waals surface area contributed by atoms with Crippen molar-refractivity contribution in [2.45, 2.75) is 19.3 Å². The van der Waals surface area contributed by atoms with Gasteiger partial charge in [-0.1, -0.05) is 105 Å². The number of rotatable bonds is 4. The van der Waals surface area contributed by atoms with Crippen LogP contribution in [0.15, 0.2) is 127 Å².